The lowest BCUT2D eigenvalue weighted by atomic mass is 10.2. The standard InChI is InChI=1S/C16H14N6O2/c23-13(14-2-1-7-24-14)9-18-15-12-8-21-22(16(12)20-10-19-15)11-3-5-17-6-4-11/h1-8,10,13,23H,9H2,(H,18,19,20). The summed E-state index contributed by atoms with van der Waals surface area (Å²) in [4.78, 5) is 12.5. The molecule has 4 aromatic rings. The molecule has 0 saturated carbocycles. The predicted octanol–water partition coefficient (Wildman–Crippen LogP) is 1.95. The van der Waals surface area contributed by atoms with Crippen LogP contribution in [0.2, 0.25) is 0 Å². The zero-order chi connectivity index (χ0) is 16.4. The monoisotopic (exact) mass is 322 g/mol. The maximum Gasteiger partial charge on any atom is 0.168 e. The highest BCUT2D eigenvalue weighted by Crippen LogP contribution is 2.22. The summed E-state index contributed by atoms with van der Waals surface area (Å²) in [7, 11) is 0. The first-order valence-electron chi connectivity index (χ1n) is 7.37. The molecule has 0 aromatic carbocycles. The summed E-state index contributed by atoms with van der Waals surface area (Å²) in [6.45, 7) is 0.264. The molecule has 0 fully saturated rings. The Morgan fingerprint density at radius 1 is 1.21 bits per heavy atom. The first-order valence-corrected chi connectivity index (χ1v) is 7.37. The van der Waals surface area contributed by atoms with E-state index < -0.39 is 6.10 Å². The Kier molecular flexibility index (Phi) is 3.64. The largest absolute Gasteiger partial charge is 0.467 e. The van der Waals surface area contributed by atoms with Gasteiger partial charge in [0.1, 0.15) is 24.0 Å². The van der Waals surface area contributed by atoms with Crippen molar-refractivity contribution >= 4 is 16.9 Å². The van der Waals surface area contributed by atoms with E-state index >= 15 is 0 Å². The molecule has 0 spiro atoms. The van der Waals surface area contributed by atoms with Crippen LogP contribution in [0.15, 0.2) is 59.9 Å². The number of pyridine rings is 1. The van der Waals surface area contributed by atoms with Crippen LogP contribution in [0, 0.1) is 0 Å². The highest BCUT2D eigenvalue weighted by molar-refractivity contribution is 5.87. The molecular weight excluding hydrogens is 308 g/mol. The van der Waals surface area contributed by atoms with Crippen molar-refractivity contribution in [2.75, 3.05) is 11.9 Å². The van der Waals surface area contributed by atoms with Crippen molar-refractivity contribution in [3.63, 3.8) is 0 Å². The topological polar surface area (TPSA) is 102 Å². The van der Waals surface area contributed by atoms with Crippen molar-refractivity contribution in [1.29, 1.82) is 0 Å². The zero-order valence-corrected chi connectivity index (χ0v) is 12.6. The molecule has 1 atom stereocenters. The first kappa shape index (κ1) is 14.3. The summed E-state index contributed by atoms with van der Waals surface area (Å²) in [6, 6.07) is 7.16. The third kappa shape index (κ3) is 2.59. The highest BCUT2D eigenvalue weighted by atomic mass is 16.4. The summed E-state index contributed by atoms with van der Waals surface area (Å²) in [5.74, 6) is 1.10. The molecule has 0 radical (unpaired) electrons. The molecule has 24 heavy (non-hydrogen) atoms. The maximum absolute atomic E-state index is 10.1. The Labute approximate surface area is 136 Å². The van der Waals surface area contributed by atoms with E-state index in [-0.39, 0.29) is 6.54 Å². The van der Waals surface area contributed by atoms with E-state index in [1.165, 1.54) is 12.6 Å². The summed E-state index contributed by atoms with van der Waals surface area (Å²) >= 11 is 0. The van der Waals surface area contributed by atoms with Gasteiger partial charge < -0.3 is 14.8 Å². The van der Waals surface area contributed by atoms with Gasteiger partial charge in [-0.05, 0) is 24.3 Å². The zero-order valence-electron chi connectivity index (χ0n) is 12.6. The van der Waals surface area contributed by atoms with Gasteiger partial charge in [-0.25, -0.2) is 14.6 Å². The lowest BCUT2D eigenvalue weighted by Crippen LogP contribution is -2.12. The minimum atomic E-state index is -0.764. The number of nitrogens with zero attached hydrogens (tertiary/aromatic N) is 5. The van der Waals surface area contributed by atoms with E-state index in [0.29, 0.717) is 17.2 Å². The molecule has 4 heterocycles. The second-order valence-electron chi connectivity index (χ2n) is 5.13. The van der Waals surface area contributed by atoms with Gasteiger partial charge in [0, 0.05) is 18.9 Å². The van der Waals surface area contributed by atoms with Crippen LogP contribution in [-0.4, -0.2) is 36.4 Å². The number of anilines is 1. The number of fused-ring (bicyclic) bond motifs is 1. The molecule has 4 aromatic heterocycles. The SMILES string of the molecule is OC(CNc1ncnc2c1cnn2-c1ccncc1)c1ccco1. The van der Waals surface area contributed by atoms with Crippen LogP contribution in [0.3, 0.4) is 0 Å². The minimum absolute atomic E-state index is 0.264. The van der Waals surface area contributed by atoms with Gasteiger partial charge >= 0.3 is 0 Å². The molecule has 2 N–H and O–H groups in total. The van der Waals surface area contributed by atoms with Gasteiger partial charge in [-0.2, -0.15) is 5.10 Å². The highest BCUT2D eigenvalue weighted by Gasteiger charge is 2.14. The Morgan fingerprint density at radius 3 is 2.88 bits per heavy atom. The molecule has 0 bridgehead atoms. The van der Waals surface area contributed by atoms with Gasteiger partial charge in [0.2, 0.25) is 0 Å². The molecule has 0 aliphatic carbocycles. The Bertz CT molecular complexity index is 936. The molecule has 4 rings (SSSR count). The van der Waals surface area contributed by atoms with Crippen LogP contribution in [-0.2, 0) is 0 Å². The van der Waals surface area contributed by atoms with E-state index in [9.17, 15) is 5.11 Å². The molecule has 8 heteroatoms. The molecule has 0 aliphatic rings. The van der Waals surface area contributed by atoms with Crippen LogP contribution < -0.4 is 5.32 Å². The van der Waals surface area contributed by atoms with Crippen molar-refractivity contribution in [2.24, 2.45) is 0 Å². The molecule has 0 saturated heterocycles. The van der Waals surface area contributed by atoms with Crippen LogP contribution >= 0.6 is 0 Å². The summed E-state index contributed by atoms with van der Waals surface area (Å²) in [6.07, 6.45) is 7.31. The normalized spacial score (nSPS) is 12.4. The summed E-state index contributed by atoms with van der Waals surface area (Å²) in [5, 5.41) is 18.3. The fourth-order valence-electron chi connectivity index (χ4n) is 2.43. The number of aliphatic hydroxyl groups is 1. The van der Waals surface area contributed by atoms with Crippen molar-refractivity contribution in [3.8, 4) is 5.69 Å². The van der Waals surface area contributed by atoms with Crippen LogP contribution in [0.25, 0.3) is 16.7 Å². The number of hydrogen-bond donors (Lipinski definition) is 2. The van der Waals surface area contributed by atoms with Gasteiger partial charge in [-0.1, -0.05) is 0 Å². The molecular formula is C16H14N6O2. The van der Waals surface area contributed by atoms with Crippen molar-refractivity contribution in [1.82, 2.24) is 24.7 Å². The number of hydrogen-bond acceptors (Lipinski definition) is 7. The lowest BCUT2D eigenvalue weighted by Gasteiger charge is -2.10. The number of aliphatic hydroxyl groups excluding tert-OH is 1. The van der Waals surface area contributed by atoms with E-state index in [4.69, 9.17) is 4.42 Å². The van der Waals surface area contributed by atoms with Crippen LogP contribution in [0.5, 0.6) is 0 Å². The summed E-state index contributed by atoms with van der Waals surface area (Å²) in [5.41, 5.74) is 1.53. The molecule has 0 amide bonds. The fraction of sp³-hybridized carbons (Fsp3) is 0.125. The third-order valence-electron chi connectivity index (χ3n) is 3.61. The van der Waals surface area contributed by atoms with Crippen molar-refractivity contribution in [2.45, 2.75) is 6.10 Å². The number of furan rings is 1. The van der Waals surface area contributed by atoms with Gasteiger partial charge in [0.05, 0.1) is 23.5 Å². The second-order valence-corrected chi connectivity index (χ2v) is 5.13. The van der Waals surface area contributed by atoms with Gasteiger partial charge in [0.25, 0.3) is 0 Å². The van der Waals surface area contributed by atoms with Gasteiger partial charge in [-0.3, -0.25) is 4.98 Å². The predicted molar refractivity (Wildman–Crippen MR) is 86.6 cm³/mol. The van der Waals surface area contributed by atoms with Crippen molar-refractivity contribution in [3.05, 3.63) is 61.2 Å². The van der Waals surface area contributed by atoms with Gasteiger partial charge in [-0.15, -0.1) is 0 Å². The van der Waals surface area contributed by atoms with E-state index in [1.807, 2.05) is 12.1 Å². The molecule has 0 aliphatic heterocycles. The average Bonchev–Trinajstić information content (AvgIpc) is 3.30. The van der Waals surface area contributed by atoms with Crippen LogP contribution in [0.1, 0.15) is 11.9 Å². The molecule has 120 valence electrons. The second kappa shape index (κ2) is 6.09. The van der Waals surface area contributed by atoms with E-state index in [0.717, 1.165) is 11.1 Å². The Morgan fingerprint density at radius 2 is 2.08 bits per heavy atom. The molecule has 1 unspecified atom stereocenters. The lowest BCUT2D eigenvalue weighted by molar-refractivity contribution is 0.162. The summed E-state index contributed by atoms with van der Waals surface area (Å²) < 4.78 is 6.90. The minimum Gasteiger partial charge on any atom is -0.467 e. The van der Waals surface area contributed by atoms with E-state index in [2.05, 4.69) is 25.4 Å². The average molecular weight is 322 g/mol. The quantitative estimate of drug-likeness (QED) is 0.579. The Hall–Kier alpha value is -3.26. The third-order valence-corrected chi connectivity index (χ3v) is 3.61. The maximum atomic E-state index is 10.1. The Balaban J connectivity index is 1.62. The number of aromatic nitrogens is 5. The fourth-order valence-corrected chi connectivity index (χ4v) is 2.43. The van der Waals surface area contributed by atoms with Crippen molar-refractivity contribution < 1.29 is 9.52 Å². The van der Waals surface area contributed by atoms with Gasteiger partial charge in [0.15, 0.2) is 5.65 Å². The van der Waals surface area contributed by atoms with E-state index in [1.54, 1.807) is 35.4 Å². The smallest absolute Gasteiger partial charge is 0.168 e. The first-order chi connectivity index (χ1) is 11.8. The molecule has 8 nitrogen and oxygen atoms in total. The van der Waals surface area contributed by atoms with Crippen LogP contribution in [0.4, 0.5) is 5.82 Å². The number of rotatable bonds is 5. The number of nitrogens with one attached hydrogen (secondary N) is 1.